The van der Waals surface area contributed by atoms with Gasteiger partial charge in [-0.2, -0.15) is 5.10 Å². The lowest BCUT2D eigenvalue weighted by atomic mass is 10.2. The maximum absolute atomic E-state index is 12.3. The number of amides is 1. The predicted octanol–water partition coefficient (Wildman–Crippen LogP) is 2.19. The van der Waals surface area contributed by atoms with E-state index in [9.17, 15) is 4.79 Å². The molecule has 0 bridgehead atoms. The number of carbonyl (C=O) groups is 1. The molecular weight excluding hydrogens is 282 g/mol. The number of pyridine rings is 1. The van der Waals surface area contributed by atoms with Crippen molar-refractivity contribution < 1.29 is 4.79 Å². The van der Waals surface area contributed by atoms with Crippen LogP contribution in [0.15, 0.2) is 30.6 Å². The minimum Gasteiger partial charge on any atom is -0.338 e. The summed E-state index contributed by atoms with van der Waals surface area (Å²) in [6, 6.07) is 5.71. The molecule has 1 amide bonds. The summed E-state index contributed by atoms with van der Waals surface area (Å²) in [4.78, 5) is 14.1. The van der Waals surface area contributed by atoms with Crippen LogP contribution in [0.1, 0.15) is 17.3 Å². The highest BCUT2D eigenvalue weighted by Crippen LogP contribution is 2.12. The van der Waals surface area contributed by atoms with Crippen molar-refractivity contribution in [3.05, 3.63) is 36.2 Å². The van der Waals surface area contributed by atoms with E-state index in [1.807, 2.05) is 31.3 Å². The summed E-state index contributed by atoms with van der Waals surface area (Å²) in [5.74, 6) is 0.0353. The molecule has 0 aromatic carbocycles. The van der Waals surface area contributed by atoms with Crippen LogP contribution in [-0.2, 0) is 0 Å². The molecule has 0 N–H and O–H groups in total. The summed E-state index contributed by atoms with van der Waals surface area (Å²) >= 11 is 3.36. The van der Waals surface area contributed by atoms with Crippen LogP contribution in [-0.4, -0.2) is 38.8 Å². The second kappa shape index (κ2) is 5.31. The fourth-order valence-electron chi connectivity index (χ4n) is 1.77. The Morgan fingerprint density at radius 1 is 1.53 bits per heavy atom. The quantitative estimate of drug-likeness (QED) is 0.811. The van der Waals surface area contributed by atoms with Crippen molar-refractivity contribution in [2.45, 2.75) is 6.92 Å². The molecule has 2 aromatic rings. The van der Waals surface area contributed by atoms with Crippen molar-refractivity contribution in [1.82, 2.24) is 14.5 Å². The molecule has 2 rings (SSSR count). The molecule has 90 valence electrons. The van der Waals surface area contributed by atoms with Gasteiger partial charge in [0.15, 0.2) is 0 Å². The third-order valence-electron chi connectivity index (χ3n) is 2.68. The van der Waals surface area contributed by atoms with Crippen LogP contribution in [0.5, 0.6) is 0 Å². The van der Waals surface area contributed by atoms with Crippen molar-refractivity contribution in [2.24, 2.45) is 0 Å². The van der Waals surface area contributed by atoms with Gasteiger partial charge in [-0.1, -0.05) is 22.0 Å². The Morgan fingerprint density at radius 3 is 3.06 bits per heavy atom. The number of hydrogen-bond donors (Lipinski definition) is 0. The fraction of sp³-hybridized carbons (Fsp3) is 0.333. The van der Waals surface area contributed by atoms with E-state index in [0.717, 1.165) is 10.8 Å². The molecule has 0 fully saturated rings. The number of carbonyl (C=O) groups excluding carboxylic acids is 1. The van der Waals surface area contributed by atoms with Crippen LogP contribution in [0.4, 0.5) is 0 Å². The van der Waals surface area contributed by atoms with E-state index in [1.54, 1.807) is 15.6 Å². The van der Waals surface area contributed by atoms with Crippen LogP contribution < -0.4 is 0 Å². The van der Waals surface area contributed by atoms with Gasteiger partial charge in [0.2, 0.25) is 0 Å². The Morgan fingerprint density at radius 2 is 2.35 bits per heavy atom. The molecule has 2 aromatic heterocycles. The van der Waals surface area contributed by atoms with E-state index in [0.29, 0.717) is 18.7 Å². The predicted molar refractivity (Wildman–Crippen MR) is 70.6 cm³/mol. The maximum atomic E-state index is 12.3. The van der Waals surface area contributed by atoms with Gasteiger partial charge in [0.25, 0.3) is 5.91 Å². The lowest BCUT2D eigenvalue weighted by molar-refractivity contribution is 0.0777. The highest BCUT2D eigenvalue weighted by Gasteiger charge is 2.17. The van der Waals surface area contributed by atoms with Gasteiger partial charge in [0.1, 0.15) is 0 Å². The molecule has 5 heteroatoms. The van der Waals surface area contributed by atoms with Gasteiger partial charge in [-0.15, -0.1) is 0 Å². The number of fused-ring (bicyclic) bond motifs is 1. The fourth-order valence-corrected chi connectivity index (χ4v) is 2.20. The van der Waals surface area contributed by atoms with E-state index >= 15 is 0 Å². The van der Waals surface area contributed by atoms with Gasteiger partial charge in [0, 0.05) is 24.6 Å². The minimum absolute atomic E-state index is 0.0353. The van der Waals surface area contributed by atoms with E-state index in [1.165, 1.54) is 0 Å². The number of aromatic nitrogens is 2. The van der Waals surface area contributed by atoms with Crippen LogP contribution in [0.25, 0.3) is 5.52 Å². The van der Waals surface area contributed by atoms with Crippen LogP contribution in [0.2, 0.25) is 0 Å². The zero-order chi connectivity index (χ0) is 12.3. The third kappa shape index (κ3) is 2.34. The van der Waals surface area contributed by atoms with E-state index in [-0.39, 0.29) is 5.91 Å². The summed E-state index contributed by atoms with van der Waals surface area (Å²) in [6.45, 7) is 3.39. The van der Waals surface area contributed by atoms with Crippen LogP contribution >= 0.6 is 15.9 Å². The Balaban J connectivity index is 2.36. The normalized spacial score (nSPS) is 10.7. The average molecular weight is 296 g/mol. The minimum atomic E-state index is 0.0353. The van der Waals surface area contributed by atoms with Gasteiger partial charge >= 0.3 is 0 Å². The van der Waals surface area contributed by atoms with Crippen molar-refractivity contribution in [3.8, 4) is 0 Å². The van der Waals surface area contributed by atoms with Crippen LogP contribution in [0.3, 0.4) is 0 Å². The first kappa shape index (κ1) is 12.1. The van der Waals surface area contributed by atoms with Gasteiger partial charge in [-0.25, -0.2) is 4.52 Å². The number of rotatable bonds is 4. The largest absolute Gasteiger partial charge is 0.338 e. The van der Waals surface area contributed by atoms with Crippen molar-refractivity contribution in [2.75, 3.05) is 18.4 Å². The first-order chi connectivity index (χ1) is 8.27. The zero-order valence-corrected chi connectivity index (χ0v) is 11.2. The van der Waals surface area contributed by atoms with Gasteiger partial charge in [0.05, 0.1) is 17.3 Å². The standard InChI is InChI=1S/C12H14BrN3O/c1-2-15(8-6-13)12(17)10-9-14-16-7-4-3-5-11(10)16/h3-5,7,9H,2,6,8H2,1H3. The smallest absolute Gasteiger partial charge is 0.257 e. The topological polar surface area (TPSA) is 37.6 Å². The summed E-state index contributed by atoms with van der Waals surface area (Å²) in [6.07, 6.45) is 3.47. The molecule has 0 unspecified atom stereocenters. The Kier molecular flexibility index (Phi) is 3.78. The van der Waals surface area contributed by atoms with Gasteiger partial charge in [-0.05, 0) is 19.1 Å². The molecule has 0 aliphatic heterocycles. The molecule has 0 spiro atoms. The molecular formula is C12H14BrN3O. The summed E-state index contributed by atoms with van der Waals surface area (Å²) in [5.41, 5.74) is 1.51. The third-order valence-corrected chi connectivity index (χ3v) is 3.03. The first-order valence-corrected chi connectivity index (χ1v) is 6.67. The molecule has 2 heterocycles. The Labute approximate surface area is 108 Å². The number of halogens is 1. The van der Waals surface area contributed by atoms with Gasteiger partial charge < -0.3 is 4.90 Å². The Bertz CT molecular complexity index is 523. The number of hydrogen-bond acceptors (Lipinski definition) is 2. The number of nitrogens with zero attached hydrogens (tertiary/aromatic N) is 3. The van der Waals surface area contributed by atoms with E-state index < -0.39 is 0 Å². The van der Waals surface area contributed by atoms with Crippen LogP contribution in [0, 0.1) is 0 Å². The van der Waals surface area contributed by atoms with Gasteiger partial charge in [-0.3, -0.25) is 4.79 Å². The summed E-state index contributed by atoms with van der Waals surface area (Å²) < 4.78 is 1.72. The molecule has 17 heavy (non-hydrogen) atoms. The van der Waals surface area contributed by atoms with Crippen molar-refractivity contribution in [1.29, 1.82) is 0 Å². The number of alkyl halides is 1. The summed E-state index contributed by atoms with van der Waals surface area (Å²) in [7, 11) is 0. The lowest BCUT2D eigenvalue weighted by Crippen LogP contribution is -2.32. The summed E-state index contributed by atoms with van der Waals surface area (Å²) in [5, 5.41) is 4.96. The Hall–Kier alpha value is -1.36. The van der Waals surface area contributed by atoms with Crippen molar-refractivity contribution >= 4 is 27.4 Å². The molecule has 0 aliphatic carbocycles. The first-order valence-electron chi connectivity index (χ1n) is 5.55. The highest BCUT2D eigenvalue weighted by molar-refractivity contribution is 9.09. The van der Waals surface area contributed by atoms with Crippen molar-refractivity contribution in [3.63, 3.8) is 0 Å². The lowest BCUT2D eigenvalue weighted by Gasteiger charge is -2.18. The SMILES string of the molecule is CCN(CCBr)C(=O)c1cnn2ccccc12. The molecule has 0 saturated heterocycles. The highest BCUT2D eigenvalue weighted by atomic mass is 79.9. The second-order valence-electron chi connectivity index (χ2n) is 3.66. The second-order valence-corrected chi connectivity index (χ2v) is 4.46. The van der Waals surface area contributed by atoms with E-state index in [4.69, 9.17) is 0 Å². The molecule has 0 atom stereocenters. The molecule has 0 saturated carbocycles. The van der Waals surface area contributed by atoms with E-state index in [2.05, 4.69) is 21.0 Å². The molecule has 4 nitrogen and oxygen atoms in total. The zero-order valence-electron chi connectivity index (χ0n) is 9.64. The monoisotopic (exact) mass is 295 g/mol. The molecule has 0 radical (unpaired) electrons. The maximum Gasteiger partial charge on any atom is 0.257 e. The molecule has 0 aliphatic rings. The average Bonchev–Trinajstić information content (AvgIpc) is 2.79.